The number of rotatable bonds is 7. The van der Waals surface area contributed by atoms with Crippen LogP contribution in [0.15, 0.2) is 46.6 Å². The molecule has 0 bridgehead atoms. The normalized spacial score (nSPS) is 12.5. The van der Waals surface area contributed by atoms with Gasteiger partial charge >= 0.3 is 0 Å². The van der Waals surface area contributed by atoms with Gasteiger partial charge in [0.15, 0.2) is 0 Å². The van der Waals surface area contributed by atoms with E-state index in [0.717, 1.165) is 6.04 Å². The van der Waals surface area contributed by atoms with Gasteiger partial charge < -0.3 is 4.74 Å². The molecule has 0 unspecified atom stereocenters. The standard InChI is InChI=1S/C15H21IN2O3SSi/c1-23(2,3)10-9-21-12-18-11-14(16)17-15(18)22(19,20)13-7-5-4-6-8-13/h4-8,11H,9-10,12H2,1-3H3. The number of nitrogens with zero attached hydrogens (tertiary/aromatic N) is 2. The Balaban J connectivity index is 2.18. The average molecular weight is 464 g/mol. The van der Waals surface area contributed by atoms with Gasteiger partial charge in [0.1, 0.15) is 10.4 Å². The Hall–Kier alpha value is -0.713. The molecule has 23 heavy (non-hydrogen) atoms. The lowest BCUT2D eigenvalue weighted by atomic mass is 10.4. The van der Waals surface area contributed by atoms with Crippen LogP contribution in [0.25, 0.3) is 0 Å². The van der Waals surface area contributed by atoms with Gasteiger partial charge in [0.2, 0.25) is 15.0 Å². The van der Waals surface area contributed by atoms with E-state index in [1.54, 1.807) is 41.1 Å². The van der Waals surface area contributed by atoms with Crippen LogP contribution in [0.3, 0.4) is 0 Å². The quantitative estimate of drug-likeness (QED) is 0.357. The second-order valence-corrected chi connectivity index (χ2v) is 15.1. The van der Waals surface area contributed by atoms with E-state index in [1.165, 1.54) is 0 Å². The van der Waals surface area contributed by atoms with Crippen LogP contribution in [0.2, 0.25) is 25.7 Å². The Morgan fingerprint density at radius 3 is 2.48 bits per heavy atom. The van der Waals surface area contributed by atoms with Crippen LogP contribution in [0.1, 0.15) is 0 Å². The minimum Gasteiger partial charge on any atom is -0.361 e. The van der Waals surface area contributed by atoms with Gasteiger partial charge in [-0.25, -0.2) is 13.4 Å². The van der Waals surface area contributed by atoms with Gasteiger partial charge in [-0.05, 0) is 40.8 Å². The van der Waals surface area contributed by atoms with Gasteiger partial charge in [-0.1, -0.05) is 37.8 Å². The third-order valence-electron chi connectivity index (χ3n) is 3.23. The van der Waals surface area contributed by atoms with Gasteiger partial charge in [0, 0.05) is 20.9 Å². The number of ether oxygens (including phenoxy) is 1. The molecule has 8 heteroatoms. The summed E-state index contributed by atoms with van der Waals surface area (Å²) >= 11 is 2.01. The maximum atomic E-state index is 12.7. The summed E-state index contributed by atoms with van der Waals surface area (Å²) in [6.45, 7) is 7.67. The number of sulfone groups is 1. The first-order valence-electron chi connectivity index (χ1n) is 7.31. The molecule has 0 N–H and O–H groups in total. The lowest BCUT2D eigenvalue weighted by Crippen LogP contribution is -2.22. The SMILES string of the molecule is C[Si](C)(C)CCOCn1cc(I)nc1S(=O)(=O)c1ccccc1. The van der Waals surface area contributed by atoms with Crippen molar-refractivity contribution in [3.05, 3.63) is 40.2 Å². The van der Waals surface area contributed by atoms with Crippen LogP contribution in [0.5, 0.6) is 0 Å². The first kappa shape index (κ1) is 18.6. The Labute approximate surface area is 152 Å². The second kappa shape index (κ2) is 7.45. The van der Waals surface area contributed by atoms with Gasteiger partial charge in [-0.2, -0.15) is 0 Å². The predicted molar refractivity (Wildman–Crippen MR) is 101 cm³/mol. The maximum Gasteiger partial charge on any atom is 0.240 e. The first-order chi connectivity index (χ1) is 10.7. The Morgan fingerprint density at radius 2 is 1.87 bits per heavy atom. The van der Waals surface area contributed by atoms with Crippen LogP contribution in [-0.2, 0) is 21.3 Å². The molecule has 1 heterocycles. The summed E-state index contributed by atoms with van der Waals surface area (Å²) in [4.78, 5) is 4.42. The Kier molecular flexibility index (Phi) is 6.03. The molecule has 1 aromatic carbocycles. The van der Waals surface area contributed by atoms with E-state index in [9.17, 15) is 8.42 Å². The van der Waals surface area contributed by atoms with Crippen molar-refractivity contribution in [2.75, 3.05) is 6.61 Å². The van der Waals surface area contributed by atoms with Crippen molar-refractivity contribution < 1.29 is 13.2 Å². The highest BCUT2D eigenvalue weighted by Gasteiger charge is 2.24. The molecule has 5 nitrogen and oxygen atoms in total. The smallest absolute Gasteiger partial charge is 0.240 e. The predicted octanol–water partition coefficient (Wildman–Crippen LogP) is 3.63. The number of hydrogen-bond donors (Lipinski definition) is 0. The van der Waals surface area contributed by atoms with Crippen molar-refractivity contribution in [2.45, 2.75) is 42.5 Å². The van der Waals surface area contributed by atoms with E-state index in [4.69, 9.17) is 4.74 Å². The van der Waals surface area contributed by atoms with Gasteiger partial charge in [-0.15, -0.1) is 0 Å². The topological polar surface area (TPSA) is 61.2 Å². The van der Waals surface area contributed by atoms with Crippen molar-refractivity contribution in [1.82, 2.24) is 9.55 Å². The van der Waals surface area contributed by atoms with Crippen LogP contribution in [-0.4, -0.2) is 32.6 Å². The van der Waals surface area contributed by atoms with Crippen molar-refractivity contribution in [3.63, 3.8) is 0 Å². The molecule has 0 aliphatic heterocycles. The van der Waals surface area contributed by atoms with E-state index in [1.807, 2.05) is 22.6 Å². The summed E-state index contributed by atoms with van der Waals surface area (Å²) < 4.78 is 33.3. The lowest BCUT2D eigenvalue weighted by Gasteiger charge is -2.16. The molecule has 0 saturated heterocycles. The fourth-order valence-electron chi connectivity index (χ4n) is 1.92. The molecule has 1 aromatic heterocycles. The molecule has 0 aliphatic carbocycles. The first-order valence-corrected chi connectivity index (χ1v) is 13.6. The van der Waals surface area contributed by atoms with Crippen LogP contribution in [0.4, 0.5) is 0 Å². The molecule has 2 aromatic rings. The Bertz CT molecular complexity index is 755. The molecule has 126 valence electrons. The number of halogens is 1. The zero-order chi connectivity index (χ0) is 17.1. The minimum atomic E-state index is -3.64. The zero-order valence-corrected chi connectivity index (χ0v) is 17.5. The fourth-order valence-corrected chi connectivity index (χ4v) is 4.77. The van der Waals surface area contributed by atoms with Crippen molar-refractivity contribution in [2.24, 2.45) is 0 Å². The van der Waals surface area contributed by atoms with Crippen molar-refractivity contribution in [1.29, 1.82) is 0 Å². The molecule has 2 rings (SSSR count). The number of imidazole rings is 1. The molecule has 0 fully saturated rings. The van der Waals surface area contributed by atoms with Gasteiger partial charge in [0.05, 0.1) is 4.90 Å². The highest BCUT2D eigenvalue weighted by atomic mass is 127. The molecule has 0 spiro atoms. The lowest BCUT2D eigenvalue weighted by molar-refractivity contribution is 0.0809. The van der Waals surface area contributed by atoms with E-state index in [0.29, 0.717) is 10.3 Å². The highest BCUT2D eigenvalue weighted by Crippen LogP contribution is 2.21. The summed E-state index contributed by atoms with van der Waals surface area (Å²) in [7, 11) is -4.80. The van der Waals surface area contributed by atoms with E-state index >= 15 is 0 Å². The third-order valence-corrected chi connectivity index (χ3v) is 7.15. The summed E-state index contributed by atoms with van der Waals surface area (Å²) in [6, 6.07) is 9.39. The van der Waals surface area contributed by atoms with E-state index in [2.05, 4.69) is 24.6 Å². The summed E-state index contributed by atoms with van der Waals surface area (Å²) in [5.41, 5.74) is 0. The average Bonchev–Trinajstić information content (AvgIpc) is 2.85. The van der Waals surface area contributed by atoms with Crippen molar-refractivity contribution in [3.8, 4) is 0 Å². The van der Waals surface area contributed by atoms with Crippen molar-refractivity contribution >= 4 is 40.5 Å². The maximum absolute atomic E-state index is 12.7. The molecule has 0 atom stereocenters. The number of aromatic nitrogens is 2. The fraction of sp³-hybridized carbons (Fsp3) is 0.400. The van der Waals surface area contributed by atoms with Crippen LogP contribution >= 0.6 is 22.6 Å². The molecule has 0 aliphatic rings. The number of benzene rings is 1. The number of hydrogen-bond acceptors (Lipinski definition) is 4. The summed E-state index contributed by atoms with van der Waals surface area (Å²) in [6.07, 6.45) is 1.70. The largest absolute Gasteiger partial charge is 0.361 e. The monoisotopic (exact) mass is 464 g/mol. The summed E-state index contributed by atoms with van der Waals surface area (Å²) in [5, 5.41) is 0.0288. The van der Waals surface area contributed by atoms with E-state index < -0.39 is 17.9 Å². The van der Waals surface area contributed by atoms with Crippen LogP contribution < -0.4 is 0 Å². The van der Waals surface area contributed by atoms with Gasteiger partial charge in [-0.3, -0.25) is 4.57 Å². The Morgan fingerprint density at radius 1 is 1.22 bits per heavy atom. The molecular formula is C15H21IN2O3SSi. The van der Waals surface area contributed by atoms with Crippen LogP contribution in [0, 0.1) is 3.70 Å². The molecule has 0 radical (unpaired) electrons. The third kappa shape index (κ3) is 5.13. The van der Waals surface area contributed by atoms with Gasteiger partial charge in [0.25, 0.3) is 0 Å². The molecular weight excluding hydrogens is 443 g/mol. The second-order valence-electron chi connectivity index (χ2n) is 6.48. The minimum absolute atomic E-state index is 0.0288. The molecule has 0 amide bonds. The summed E-state index contributed by atoms with van der Waals surface area (Å²) in [5.74, 6) is 0. The highest BCUT2D eigenvalue weighted by molar-refractivity contribution is 14.1. The molecule has 0 saturated carbocycles. The zero-order valence-electron chi connectivity index (χ0n) is 13.5. The van der Waals surface area contributed by atoms with E-state index in [-0.39, 0.29) is 16.8 Å².